The van der Waals surface area contributed by atoms with E-state index in [9.17, 15) is 9.59 Å². The van der Waals surface area contributed by atoms with E-state index in [1.165, 1.54) is 6.07 Å². The molecule has 0 spiro atoms. The Morgan fingerprint density at radius 1 is 1.15 bits per heavy atom. The molecule has 6 nitrogen and oxygen atoms in total. The van der Waals surface area contributed by atoms with Gasteiger partial charge in [-0.2, -0.15) is 0 Å². The van der Waals surface area contributed by atoms with Gasteiger partial charge in [0, 0.05) is 31.5 Å². The number of imidazole rings is 1. The number of nitrogens with zero attached hydrogens (tertiary/aromatic N) is 2. The highest BCUT2D eigenvalue weighted by Gasteiger charge is 2.13. The van der Waals surface area contributed by atoms with Gasteiger partial charge in [0.15, 0.2) is 0 Å². The minimum absolute atomic E-state index is 0.193. The van der Waals surface area contributed by atoms with E-state index < -0.39 is 0 Å². The molecule has 136 valence electrons. The van der Waals surface area contributed by atoms with Gasteiger partial charge in [0.2, 0.25) is 0 Å². The number of aromatic nitrogens is 3. The van der Waals surface area contributed by atoms with E-state index in [0.29, 0.717) is 12.1 Å². The maximum atomic E-state index is 12.6. The predicted molar refractivity (Wildman–Crippen MR) is 106 cm³/mol. The summed E-state index contributed by atoms with van der Waals surface area (Å²) in [5.41, 5.74) is 2.93. The molecule has 2 heterocycles. The zero-order valence-corrected chi connectivity index (χ0v) is 15.0. The van der Waals surface area contributed by atoms with Gasteiger partial charge in [0.25, 0.3) is 11.5 Å². The number of amides is 1. The number of carbonyl (C=O) groups is 1. The maximum Gasteiger partial charge on any atom is 0.252 e. The molecule has 2 N–H and O–H groups in total. The number of nitrogens with one attached hydrogen (secondary N) is 2. The highest BCUT2D eigenvalue weighted by Crippen LogP contribution is 2.16. The standard InChI is InChI=1S/C21H20N4O2/c1-25-18-10-5-2-7-14(18)15(13-20(25)26)21(27)22-12-6-11-19-23-16-8-3-4-9-17(16)24-19/h2-5,7-10,13H,6,11-12H2,1H3,(H,22,27)(H,23,24). The van der Waals surface area contributed by atoms with Crippen LogP contribution in [0.15, 0.2) is 59.4 Å². The molecule has 0 atom stereocenters. The van der Waals surface area contributed by atoms with Gasteiger partial charge >= 0.3 is 0 Å². The van der Waals surface area contributed by atoms with Crippen LogP contribution in [0.25, 0.3) is 21.9 Å². The Kier molecular flexibility index (Phi) is 4.46. The van der Waals surface area contributed by atoms with Crippen LogP contribution in [0.3, 0.4) is 0 Å². The van der Waals surface area contributed by atoms with Gasteiger partial charge in [0.1, 0.15) is 5.82 Å². The number of pyridine rings is 1. The first-order chi connectivity index (χ1) is 13.1. The molecule has 27 heavy (non-hydrogen) atoms. The normalized spacial score (nSPS) is 11.1. The number of aromatic amines is 1. The third-order valence-corrected chi connectivity index (χ3v) is 4.71. The molecule has 6 heteroatoms. The van der Waals surface area contributed by atoms with E-state index in [1.807, 2.05) is 48.5 Å². The van der Waals surface area contributed by atoms with E-state index in [4.69, 9.17) is 0 Å². The molecule has 1 amide bonds. The van der Waals surface area contributed by atoms with Crippen molar-refractivity contribution in [3.05, 3.63) is 76.3 Å². The smallest absolute Gasteiger partial charge is 0.252 e. The molecule has 0 saturated heterocycles. The van der Waals surface area contributed by atoms with Crippen molar-refractivity contribution in [2.45, 2.75) is 12.8 Å². The fraction of sp³-hybridized carbons (Fsp3) is 0.190. The summed E-state index contributed by atoms with van der Waals surface area (Å²) < 4.78 is 1.55. The summed E-state index contributed by atoms with van der Waals surface area (Å²) in [5.74, 6) is 0.679. The first kappa shape index (κ1) is 17.0. The zero-order valence-electron chi connectivity index (χ0n) is 15.0. The van der Waals surface area contributed by atoms with Crippen molar-refractivity contribution in [1.82, 2.24) is 19.9 Å². The number of para-hydroxylation sites is 3. The van der Waals surface area contributed by atoms with E-state index in [1.54, 1.807) is 11.6 Å². The Bertz CT molecular complexity index is 1160. The summed E-state index contributed by atoms with van der Waals surface area (Å²) in [6, 6.07) is 16.7. The lowest BCUT2D eigenvalue weighted by Crippen LogP contribution is -2.28. The topological polar surface area (TPSA) is 79.8 Å². The molecular formula is C21H20N4O2. The lowest BCUT2D eigenvalue weighted by Gasteiger charge is -2.10. The Morgan fingerprint density at radius 2 is 1.93 bits per heavy atom. The number of hydrogen-bond acceptors (Lipinski definition) is 3. The van der Waals surface area contributed by atoms with Gasteiger partial charge in [0.05, 0.1) is 22.1 Å². The number of benzene rings is 2. The Hall–Kier alpha value is -3.41. The van der Waals surface area contributed by atoms with Gasteiger partial charge in [-0.3, -0.25) is 9.59 Å². The van der Waals surface area contributed by atoms with Crippen LogP contribution < -0.4 is 10.9 Å². The van der Waals surface area contributed by atoms with Crippen LogP contribution in [-0.2, 0) is 13.5 Å². The molecule has 0 aliphatic heterocycles. The second kappa shape index (κ2) is 7.07. The number of H-pyrrole nitrogens is 1. The van der Waals surface area contributed by atoms with E-state index in [-0.39, 0.29) is 11.5 Å². The quantitative estimate of drug-likeness (QED) is 0.537. The van der Waals surface area contributed by atoms with Crippen molar-refractivity contribution >= 4 is 27.8 Å². The molecular weight excluding hydrogens is 340 g/mol. The summed E-state index contributed by atoms with van der Waals surface area (Å²) in [6.45, 7) is 0.513. The molecule has 0 fully saturated rings. The average molecular weight is 360 g/mol. The number of fused-ring (bicyclic) bond motifs is 2. The lowest BCUT2D eigenvalue weighted by molar-refractivity contribution is 0.0954. The minimum Gasteiger partial charge on any atom is -0.352 e. The summed E-state index contributed by atoms with van der Waals surface area (Å²) in [5, 5.41) is 3.69. The first-order valence-corrected chi connectivity index (χ1v) is 8.94. The summed E-state index contributed by atoms with van der Waals surface area (Å²) in [6.07, 6.45) is 1.50. The first-order valence-electron chi connectivity index (χ1n) is 8.94. The molecule has 0 bridgehead atoms. The third kappa shape index (κ3) is 3.33. The highest BCUT2D eigenvalue weighted by molar-refractivity contribution is 6.06. The fourth-order valence-electron chi connectivity index (χ4n) is 3.28. The van der Waals surface area contributed by atoms with Crippen LogP contribution >= 0.6 is 0 Å². The minimum atomic E-state index is -0.228. The second-order valence-corrected chi connectivity index (χ2v) is 6.53. The van der Waals surface area contributed by atoms with Gasteiger partial charge in [-0.05, 0) is 24.6 Å². The Labute approximate surface area is 155 Å². The Morgan fingerprint density at radius 3 is 2.78 bits per heavy atom. The molecule has 0 aliphatic rings. The van der Waals surface area contributed by atoms with Crippen LogP contribution in [0, 0.1) is 0 Å². The van der Waals surface area contributed by atoms with Gasteiger partial charge < -0.3 is 14.9 Å². The van der Waals surface area contributed by atoms with Crippen molar-refractivity contribution in [3.8, 4) is 0 Å². The van der Waals surface area contributed by atoms with Crippen LogP contribution in [-0.4, -0.2) is 27.0 Å². The van der Waals surface area contributed by atoms with E-state index >= 15 is 0 Å². The number of hydrogen-bond donors (Lipinski definition) is 2. The lowest BCUT2D eigenvalue weighted by atomic mass is 10.1. The monoisotopic (exact) mass is 360 g/mol. The molecule has 0 saturated carbocycles. The van der Waals surface area contributed by atoms with E-state index in [0.717, 1.165) is 40.6 Å². The van der Waals surface area contributed by atoms with Crippen LogP contribution in [0.1, 0.15) is 22.6 Å². The highest BCUT2D eigenvalue weighted by atomic mass is 16.2. The maximum absolute atomic E-state index is 12.6. The van der Waals surface area contributed by atoms with Crippen molar-refractivity contribution in [1.29, 1.82) is 0 Å². The molecule has 2 aromatic carbocycles. The molecule has 0 radical (unpaired) electrons. The van der Waals surface area contributed by atoms with Crippen LogP contribution in [0.5, 0.6) is 0 Å². The molecule has 2 aromatic heterocycles. The molecule has 4 rings (SSSR count). The summed E-state index contributed by atoms with van der Waals surface area (Å²) in [4.78, 5) is 32.5. The van der Waals surface area contributed by atoms with Gasteiger partial charge in [-0.1, -0.05) is 30.3 Å². The van der Waals surface area contributed by atoms with Gasteiger partial charge in [-0.15, -0.1) is 0 Å². The third-order valence-electron chi connectivity index (χ3n) is 4.71. The van der Waals surface area contributed by atoms with E-state index in [2.05, 4.69) is 15.3 Å². The van der Waals surface area contributed by atoms with Crippen LogP contribution in [0.2, 0.25) is 0 Å². The molecule has 0 aliphatic carbocycles. The predicted octanol–water partition coefficient (Wildman–Crippen LogP) is 2.78. The van der Waals surface area contributed by atoms with Gasteiger partial charge in [-0.25, -0.2) is 4.98 Å². The zero-order chi connectivity index (χ0) is 18.8. The average Bonchev–Trinajstić information content (AvgIpc) is 3.11. The molecule has 4 aromatic rings. The number of aryl methyl sites for hydroxylation is 2. The SMILES string of the molecule is Cn1c(=O)cc(C(=O)NCCCc2nc3ccccc3[nH]2)c2ccccc21. The van der Waals surface area contributed by atoms with Crippen LogP contribution in [0.4, 0.5) is 0 Å². The summed E-state index contributed by atoms with van der Waals surface area (Å²) in [7, 11) is 1.71. The summed E-state index contributed by atoms with van der Waals surface area (Å²) >= 11 is 0. The second-order valence-electron chi connectivity index (χ2n) is 6.53. The Balaban J connectivity index is 1.43. The number of carbonyl (C=O) groups excluding carboxylic acids is 1. The van der Waals surface area contributed by atoms with Crippen molar-refractivity contribution in [3.63, 3.8) is 0 Å². The number of rotatable bonds is 5. The molecule has 0 unspecified atom stereocenters. The fourth-order valence-corrected chi connectivity index (χ4v) is 3.28. The largest absolute Gasteiger partial charge is 0.352 e. The van der Waals surface area contributed by atoms with Crippen molar-refractivity contribution < 1.29 is 4.79 Å². The van der Waals surface area contributed by atoms with Crippen molar-refractivity contribution in [2.75, 3.05) is 6.54 Å². The van der Waals surface area contributed by atoms with Crippen molar-refractivity contribution in [2.24, 2.45) is 7.05 Å².